The molecule has 144 valence electrons. The van der Waals surface area contributed by atoms with Crippen LogP contribution in [-0.2, 0) is 28.0 Å². The van der Waals surface area contributed by atoms with Gasteiger partial charge in [-0.15, -0.1) is 0 Å². The molecule has 0 aromatic carbocycles. The van der Waals surface area contributed by atoms with Crippen molar-refractivity contribution in [3.8, 4) is 0 Å². The van der Waals surface area contributed by atoms with E-state index in [1.807, 2.05) is 0 Å². The average Bonchev–Trinajstić information content (AvgIpc) is 2.56. The van der Waals surface area contributed by atoms with Gasteiger partial charge in [-0.05, 0) is 6.42 Å². The third-order valence-corrected chi connectivity index (χ3v) is 4.12. The summed E-state index contributed by atoms with van der Waals surface area (Å²) in [4.78, 5) is 21.0. The Morgan fingerprint density at radius 3 is 2.08 bits per heavy atom. The molecule has 0 aliphatic heterocycles. The van der Waals surface area contributed by atoms with Gasteiger partial charge in [0.15, 0.2) is 0 Å². The molecule has 0 saturated carbocycles. The zero-order valence-electron chi connectivity index (χ0n) is 14.7. The monoisotopic (exact) mass is 370 g/mol. The van der Waals surface area contributed by atoms with E-state index in [-0.39, 0.29) is 19.8 Å². The Balaban J connectivity index is 3.57. The van der Waals surface area contributed by atoms with Crippen molar-refractivity contribution in [2.75, 3.05) is 53.4 Å². The molecule has 0 fully saturated rings. The Bertz CT molecular complexity index is 350. The normalized spacial score (nSPS) is 13.6. The first-order valence-electron chi connectivity index (χ1n) is 8.33. The Morgan fingerprint density at radius 1 is 0.875 bits per heavy atom. The van der Waals surface area contributed by atoms with Gasteiger partial charge in [0.25, 0.3) is 0 Å². The highest BCUT2D eigenvalue weighted by atomic mass is 31.2. The van der Waals surface area contributed by atoms with Crippen LogP contribution in [0.1, 0.15) is 39.0 Å². The van der Waals surface area contributed by atoms with Crippen LogP contribution in [-0.4, -0.2) is 64.0 Å². The second-order valence-corrected chi connectivity index (χ2v) is 6.76. The number of hydrogen-bond acceptors (Lipinski definition) is 7. The van der Waals surface area contributed by atoms with Crippen molar-refractivity contribution < 1.29 is 37.7 Å². The molecule has 1 unspecified atom stereocenters. The highest BCUT2D eigenvalue weighted by molar-refractivity contribution is 7.70. The lowest BCUT2D eigenvalue weighted by molar-refractivity contribution is 0.0144. The first kappa shape index (κ1) is 23.5. The molecule has 0 aromatic heterocycles. The van der Waals surface area contributed by atoms with Crippen LogP contribution in [0, 0.1) is 0 Å². The molecule has 0 saturated heterocycles. The second-order valence-electron chi connectivity index (χ2n) is 5.10. The molecule has 0 aromatic rings. The van der Waals surface area contributed by atoms with Gasteiger partial charge >= 0.3 is 13.3 Å². The molecule has 24 heavy (non-hydrogen) atoms. The lowest BCUT2D eigenvalue weighted by Crippen LogP contribution is -2.14. The summed E-state index contributed by atoms with van der Waals surface area (Å²) in [7, 11) is -2.78. The molecule has 8 nitrogen and oxygen atoms in total. The van der Waals surface area contributed by atoms with Gasteiger partial charge in [-0.2, -0.15) is 0 Å². The van der Waals surface area contributed by atoms with Gasteiger partial charge < -0.3 is 28.4 Å². The van der Waals surface area contributed by atoms with Gasteiger partial charge in [0.2, 0.25) is 0 Å². The van der Waals surface area contributed by atoms with E-state index in [2.05, 4.69) is 11.7 Å². The van der Waals surface area contributed by atoms with Crippen molar-refractivity contribution in [2.45, 2.75) is 39.0 Å². The number of carbonyl (C=O) groups is 1. The summed E-state index contributed by atoms with van der Waals surface area (Å²) in [6, 6.07) is 0. The maximum absolute atomic E-state index is 11.7. The van der Waals surface area contributed by atoms with Crippen molar-refractivity contribution in [3.05, 3.63) is 0 Å². The molecular weight excluding hydrogens is 339 g/mol. The van der Waals surface area contributed by atoms with Crippen molar-refractivity contribution >= 4 is 13.3 Å². The first-order valence-corrected chi connectivity index (χ1v) is 9.91. The lowest BCUT2D eigenvalue weighted by Gasteiger charge is -2.11. The molecule has 0 rings (SSSR count). The minimum Gasteiger partial charge on any atom is -0.454 e. The minimum absolute atomic E-state index is 0.0713. The number of carbonyl (C=O) groups excluding carboxylic acids is 1. The summed E-state index contributed by atoms with van der Waals surface area (Å²) in [6.45, 7) is 3.93. The standard InChI is InChI=1S/C15H31O8P/c1-3-4-5-6-7-8-23-24(17,18)15(16)22-14-13-21-12-11-20-10-9-19-2/h3-14H2,1-2H3,(H,17,18). The van der Waals surface area contributed by atoms with Crippen molar-refractivity contribution in [1.82, 2.24) is 0 Å². The van der Waals surface area contributed by atoms with Gasteiger partial charge in [0, 0.05) is 7.11 Å². The van der Waals surface area contributed by atoms with E-state index in [0.717, 1.165) is 25.7 Å². The van der Waals surface area contributed by atoms with E-state index in [1.165, 1.54) is 0 Å². The van der Waals surface area contributed by atoms with Crippen molar-refractivity contribution in [2.24, 2.45) is 0 Å². The Morgan fingerprint density at radius 2 is 1.46 bits per heavy atom. The summed E-state index contributed by atoms with van der Waals surface area (Å²) in [6.07, 6.45) is 4.84. The predicted molar refractivity (Wildman–Crippen MR) is 89.4 cm³/mol. The zero-order chi connectivity index (χ0) is 18.1. The van der Waals surface area contributed by atoms with Crippen LogP contribution in [0.15, 0.2) is 0 Å². The highest BCUT2D eigenvalue weighted by Gasteiger charge is 2.32. The summed E-state index contributed by atoms with van der Waals surface area (Å²) < 4.78 is 36.3. The van der Waals surface area contributed by atoms with E-state index in [4.69, 9.17) is 18.7 Å². The maximum atomic E-state index is 11.7. The van der Waals surface area contributed by atoms with E-state index in [0.29, 0.717) is 32.8 Å². The number of ether oxygens (including phenoxy) is 4. The molecule has 0 aliphatic rings. The van der Waals surface area contributed by atoms with Gasteiger partial charge in [-0.25, -0.2) is 9.36 Å². The molecular formula is C15H31O8P. The van der Waals surface area contributed by atoms with Crippen LogP contribution in [0.25, 0.3) is 0 Å². The van der Waals surface area contributed by atoms with E-state index in [1.54, 1.807) is 7.11 Å². The minimum atomic E-state index is -4.37. The van der Waals surface area contributed by atoms with Gasteiger partial charge in [-0.1, -0.05) is 32.6 Å². The second kappa shape index (κ2) is 16.0. The van der Waals surface area contributed by atoms with Gasteiger partial charge in [0.05, 0.1) is 39.6 Å². The molecule has 1 atom stereocenters. The van der Waals surface area contributed by atoms with E-state index >= 15 is 0 Å². The van der Waals surface area contributed by atoms with E-state index < -0.39 is 13.3 Å². The Kier molecular flexibility index (Phi) is 15.7. The van der Waals surface area contributed by atoms with Crippen LogP contribution >= 0.6 is 7.60 Å². The summed E-state index contributed by atoms with van der Waals surface area (Å²) >= 11 is 0. The van der Waals surface area contributed by atoms with Crippen LogP contribution in [0.5, 0.6) is 0 Å². The quantitative estimate of drug-likeness (QED) is 0.308. The Labute approximate surface area is 144 Å². The molecule has 0 heterocycles. The summed E-state index contributed by atoms with van der Waals surface area (Å²) in [5.74, 6) is 0. The third kappa shape index (κ3) is 13.9. The topological polar surface area (TPSA) is 101 Å². The summed E-state index contributed by atoms with van der Waals surface area (Å²) in [5.41, 5.74) is -1.24. The number of unbranched alkanes of at least 4 members (excludes halogenated alkanes) is 4. The third-order valence-electron chi connectivity index (χ3n) is 3.00. The summed E-state index contributed by atoms with van der Waals surface area (Å²) in [5, 5.41) is 0. The fourth-order valence-electron chi connectivity index (χ4n) is 1.68. The molecule has 0 spiro atoms. The van der Waals surface area contributed by atoms with Crippen LogP contribution < -0.4 is 0 Å². The van der Waals surface area contributed by atoms with Crippen LogP contribution in [0.4, 0.5) is 4.79 Å². The molecule has 1 N–H and O–H groups in total. The molecule has 0 radical (unpaired) electrons. The van der Waals surface area contributed by atoms with Gasteiger partial charge in [-0.3, -0.25) is 0 Å². The smallest absolute Gasteiger partial charge is 0.435 e. The molecule has 9 heteroatoms. The first-order chi connectivity index (χ1) is 11.5. The van der Waals surface area contributed by atoms with Gasteiger partial charge in [0.1, 0.15) is 6.61 Å². The van der Waals surface area contributed by atoms with Crippen molar-refractivity contribution in [3.63, 3.8) is 0 Å². The fraction of sp³-hybridized carbons (Fsp3) is 0.933. The number of methoxy groups -OCH3 is 1. The highest BCUT2D eigenvalue weighted by Crippen LogP contribution is 2.44. The fourth-order valence-corrected chi connectivity index (χ4v) is 2.42. The number of hydrogen-bond donors (Lipinski definition) is 1. The maximum Gasteiger partial charge on any atom is 0.435 e. The average molecular weight is 370 g/mol. The van der Waals surface area contributed by atoms with Crippen molar-refractivity contribution in [1.29, 1.82) is 0 Å². The lowest BCUT2D eigenvalue weighted by atomic mass is 10.2. The SMILES string of the molecule is CCCCCCCOP(=O)(O)C(=O)OCCOCCOCCOC. The zero-order valence-corrected chi connectivity index (χ0v) is 15.6. The largest absolute Gasteiger partial charge is 0.454 e. The molecule has 0 aliphatic carbocycles. The van der Waals surface area contributed by atoms with Crippen LogP contribution in [0.3, 0.4) is 0 Å². The molecule has 0 amide bonds. The van der Waals surface area contributed by atoms with Crippen LogP contribution in [0.2, 0.25) is 0 Å². The Hall–Kier alpha value is -0.500. The molecule has 0 bridgehead atoms. The number of rotatable bonds is 17. The van der Waals surface area contributed by atoms with E-state index in [9.17, 15) is 14.3 Å². The predicted octanol–water partition coefficient (Wildman–Crippen LogP) is 2.98.